The Kier molecular flexibility index (Phi) is 6.19. The highest BCUT2D eigenvalue weighted by molar-refractivity contribution is 6.92. The fourth-order valence-corrected chi connectivity index (χ4v) is 8.62. The summed E-state index contributed by atoms with van der Waals surface area (Å²) in [5.74, 6) is 0. The summed E-state index contributed by atoms with van der Waals surface area (Å²) in [7, 11) is 0. The summed E-state index contributed by atoms with van der Waals surface area (Å²) in [5, 5.41) is 0. The monoisotopic (exact) mass is 614 g/mol. The van der Waals surface area contributed by atoms with E-state index in [1.54, 1.807) is 0 Å². The molecule has 0 unspecified atom stereocenters. The van der Waals surface area contributed by atoms with Crippen molar-refractivity contribution in [2.45, 2.75) is 90.9 Å². The first kappa shape index (κ1) is 30.1. The summed E-state index contributed by atoms with van der Waals surface area (Å²) < 4.78 is 0. The molecular formula is C44H47BN2. The molecule has 0 radical (unpaired) electrons. The van der Waals surface area contributed by atoms with E-state index in [2.05, 4.69) is 182 Å². The Labute approximate surface area is 282 Å². The second-order valence-electron chi connectivity index (χ2n) is 17.1. The van der Waals surface area contributed by atoms with Gasteiger partial charge in [-0.05, 0) is 79.4 Å². The maximum absolute atomic E-state index is 2.72. The van der Waals surface area contributed by atoms with Crippen molar-refractivity contribution in [3.8, 4) is 0 Å². The highest BCUT2D eigenvalue weighted by Crippen LogP contribution is 2.55. The molecular weight excluding hydrogens is 567 g/mol. The van der Waals surface area contributed by atoms with Crippen LogP contribution in [0.4, 0.5) is 28.4 Å². The van der Waals surface area contributed by atoms with E-state index in [4.69, 9.17) is 0 Å². The second-order valence-corrected chi connectivity index (χ2v) is 17.1. The smallest absolute Gasteiger partial charge is 0.332 e. The van der Waals surface area contributed by atoms with E-state index in [1.807, 2.05) is 0 Å². The number of hydrogen-bond donors (Lipinski definition) is 0. The van der Waals surface area contributed by atoms with Gasteiger partial charge in [-0.15, -0.1) is 0 Å². The standard InChI is InChI=1S/C44H47BN2/c1-41(2,3)28-22-24-31-38(26-28)47(39-27-29(42(4,5)6)23-25-32(39)43(31,7)8)45-34-18-12-14-21-37(34)46-36-20-13-11-16-30(36)44(9,10)33-17-15-19-35(45)40(33)46/h11-27H,1-10H3. The number of nitrogens with zero attached hydrogens (tertiary/aromatic N) is 2. The molecule has 0 spiro atoms. The molecule has 0 aromatic heterocycles. The molecule has 0 N–H and O–H groups in total. The van der Waals surface area contributed by atoms with Crippen LogP contribution in [0.5, 0.6) is 0 Å². The van der Waals surface area contributed by atoms with Crippen LogP contribution in [-0.4, -0.2) is 6.85 Å². The molecule has 0 amide bonds. The lowest BCUT2D eigenvalue weighted by Gasteiger charge is -2.51. The quantitative estimate of drug-likeness (QED) is 0.173. The summed E-state index contributed by atoms with van der Waals surface area (Å²) in [6.07, 6.45) is 0. The summed E-state index contributed by atoms with van der Waals surface area (Å²) in [5.41, 5.74) is 17.3. The van der Waals surface area contributed by atoms with Gasteiger partial charge in [0.15, 0.2) is 0 Å². The van der Waals surface area contributed by atoms with Crippen molar-refractivity contribution < 1.29 is 0 Å². The Morgan fingerprint density at radius 1 is 0.468 bits per heavy atom. The molecule has 3 heterocycles. The van der Waals surface area contributed by atoms with E-state index in [-0.39, 0.29) is 28.5 Å². The molecule has 0 atom stereocenters. The zero-order valence-corrected chi connectivity index (χ0v) is 29.8. The molecule has 3 aliphatic heterocycles. The van der Waals surface area contributed by atoms with Gasteiger partial charge in [-0.25, -0.2) is 0 Å². The normalized spacial score (nSPS) is 16.9. The van der Waals surface area contributed by atoms with Crippen LogP contribution < -0.4 is 20.6 Å². The van der Waals surface area contributed by atoms with Gasteiger partial charge in [0.1, 0.15) is 0 Å². The lowest BCUT2D eigenvalue weighted by atomic mass is 9.44. The van der Waals surface area contributed by atoms with Gasteiger partial charge in [0.05, 0.1) is 5.69 Å². The third-order valence-corrected chi connectivity index (χ3v) is 11.4. The zero-order valence-electron chi connectivity index (χ0n) is 29.8. The van der Waals surface area contributed by atoms with E-state index in [0.717, 1.165) is 0 Å². The van der Waals surface area contributed by atoms with Gasteiger partial charge in [-0.1, -0.05) is 148 Å². The van der Waals surface area contributed by atoms with Crippen molar-refractivity contribution in [3.05, 3.63) is 137 Å². The second kappa shape index (κ2) is 9.66. The van der Waals surface area contributed by atoms with E-state index in [0.29, 0.717) is 0 Å². The van der Waals surface area contributed by atoms with Crippen molar-refractivity contribution in [2.75, 3.05) is 9.71 Å². The van der Waals surface area contributed by atoms with Crippen LogP contribution in [0.25, 0.3) is 0 Å². The molecule has 5 aromatic carbocycles. The molecule has 0 saturated carbocycles. The minimum atomic E-state index is -0.148. The lowest BCUT2D eigenvalue weighted by Crippen LogP contribution is -2.61. The summed E-state index contributed by atoms with van der Waals surface area (Å²) >= 11 is 0. The number of rotatable bonds is 1. The maximum Gasteiger partial charge on any atom is 0.332 e. The summed E-state index contributed by atoms with van der Waals surface area (Å²) in [4.78, 5) is 5.28. The molecule has 0 aliphatic carbocycles. The summed E-state index contributed by atoms with van der Waals surface area (Å²) in [6, 6.07) is 39.8. The van der Waals surface area contributed by atoms with Gasteiger partial charge in [-0.3, -0.25) is 0 Å². The topological polar surface area (TPSA) is 6.48 Å². The van der Waals surface area contributed by atoms with Gasteiger partial charge in [0, 0.05) is 33.6 Å². The third-order valence-electron chi connectivity index (χ3n) is 11.4. The Bertz CT molecular complexity index is 2020. The van der Waals surface area contributed by atoms with Crippen LogP contribution in [0, 0.1) is 0 Å². The van der Waals surface area contributed by atoms with Crippen molar-refractivity contribution in [1.82, 2.24) is 0 Å². The molecule has 236 valence electrons. The highest BCUT2D eigenvalue weighted by Gasteiger charge is 2.49. The Morgan fingerprint density at radius 2 is 0.936 bits per heavy atom. The van der Waals surface area contributed by atoms with Crippen LogP contribution in [-0.2, 0) is 21.7 Å². The summed E-state index contributed by atoms with van der Waals surface area (Å²) in [6.45, 7) is 23.6. The average molecular weight is 615 g/mol. The average Bonchev–Trinajstić information content (AvgIpc) is 3.02. The molecule has 3 aliphatic rings. The first-order chi connectivity index (χ1) is 22.1. The number of anilines is 5. The van der Waals surface area contributed by atoms with Crippen LogP contribution in [0.3, 0.4) is 0 Å². The van der Waals surface area contributed by atoms with E-state index >= 15 is 0 Å². The third kappa shape index (κ3) is 4.18. The molecule has 3 heteroatoms. The van der Waals surface area contributed by atoms with Crippen molar-refractivity contribution in [2.24, 2.45) is 0 Å². The van der Waals surface area contributed by atoms with Crippen molar-refractivity contribution >= 4 is 46.2 Å². The van der Waals surface area contributed by atoms with Crippen molar-refractivity contribution in [1.29, 1.82) is 0 Å². The van der Waals surface area contributed by atoms with Crippen LogP contribution in [0.2, 0.25) is 0 Å². The van der Waals surface area contributed by atoms with Gasteiger partial charge < -0.3 is 9.71 Å². The Morgan fingerprint density at radius 3 is 1.53 bits per heavy atom. The predicted octanol–water partition coefficient (Wildman–Crippen LogP) is 10.3. The minimum absolute atomic E-state index is 0.00232. The van der Waals surface area contributed by atoms with Crippen LogP contribution in [0.1, 0.15) is 103 Å². The number of para-hydroxylation sites is 3. The molecule has 0 fully saturated rings. The van der Waals surface area contributed by atoms with Gasteiger partial charge in [0.2, 0.25) is 0 Å². The molecule has 0 bridgehead atoms. The zero-order chi connectivity index (χ0) is 33.3. The fraction of sp³-hybridized carbons (Fsp3) is 0.318. The first-order valence-corrected chi connectivity index (χ1v) is 17.3. The minimum Gasteiger partial charge on any atom is -0.376 e. The number of fused-ring (bicyclic) bond motifs is 6. The first-order valence-electron chi connectivity index (χ1n) is 17.3. The van der Waals surface area contributed by atoms with Crippen LogP contribution in [0.15, 0.2) is 103 Å². The number of hydrogen-bond acceptors (Lipinski definition) is 2. The maximum atomic E-state index is 2.72. The molecule has 2 nitrogen and oxygen atoms in total. The molecule has 0 saturated heterocycles. The molecule has 5 aromatic rings. The lowest BCUT2D eigenvalue weighted by molar-refractivity contribution is 0.582. The largest absolute Gasteiger partial charge is 0.376 e. The predicted molar refractivity (Wildman–Crippen MR) is 203 cm³/mol. The Balaban J connectivity index is 1.49. The number of benzene rings is 5. The molecule has 8 rings (SSSR count). The van der Waals surface area contributed by atoms with Gasteiger partial charge in [0.25, 0.3) is 0 Å². The van der Waals surface area contributed by atoms with Gasteiger partial charge in [-0.2, -0.15) is 0 Å². The Hall–Kier alpha value is -4.24. The SMILES string of the molecule is CC(C)(C)c1ccc2c(c1)N(B1c3ccccc3N3c4ccccc4C(C)(C)c4cccc1c43)c1cc(C(C)(C)C)ccc1C2(C)C. The fourth-order valence-electron chi connectivity index (χ4n) is 8.62. The van der Waals surface area contributed by atoms with E-state index < -0.39 is 0 Å². The van der Waals surface area contributed by atoms with Crippen molar-refractivity contribution in [3.63, 3.8) is 0 Å². The van der Waals surface area contributed by atoms with E-state index in [9.17, 15) is 0 Å². The molecule has 47 heavy (non-hydrogen) atoms. The highest BCUT2D eigenvalue weighted by atomic mass is 15.2. The van der Waals surface area contributed by atoms with E-state index in [1.165, 1.54) is 72.7 Å². The van der Waals surface area contributed by atoms with Gasteiger partial charge >= 0.3 is 6.85 Å². The van der Waals surface area contributed by atoms with Crippen LogP contribution >= 0.6 is 0 Å².